The number of hydrogen-bond acceptors (Lipinski definition) is 8. The van der Waals surface area contributed by atoms with Crippen molar-refractivity contribution in [1.82, 2.24) is 5.32 Å². The van der Waals surface area contributed by atoms with Crippen molar-refractivity contribution in [3.63, 3.8) is 0 Å². The van der Waals surface area contributed by atoms with Crippen molar-refractivity contribution >= 4 is 5.91 Å². The van der Waals surface area contributed by atoms with Crippen LogP contribution in [0.1, 0.15) is 213 Å². The molecule has 74 heavy (non-hydrogen) atoms. The maximum atomic E-state index is 13.1. The Morgan fingerprint density at radius 1 is 0.473 bits per heavy atom. The Kier molecular flexibility index (Phi) is 48.7. The molecule has 1 aliphatic heterocycles. The van der Waals surface area contributed by atoms with E-state index in [0.29, 0.717) is 19.3 Å². The Bertz CT molecular complexity index is 1620. The van der Waals surface area contributed by atoms with E-state index >= 15 is 0 Å². The molecule has 7 unspecified atom stereocenters. The van der Waals surface area contributed by atoms with Crippen LogP contribution in [0.15, 0.2) is 134 Å². The van der Waals surface area contributed by atoms with Gasteiger partial charge >= 0.3 is 0 Å². The molecule has 6 N–H and O–H groups in total. The first-order valence-corrected chi connectivity index (χ1v) is 29.4. The number of aliphatic hydroxyl groups is 5. The topological polar surface area (TPSA) is 149 Å². The molecule has 0 saturated carbocycles. The number of allylic oxidation sites excluding steroid dienone is 21. The van der Waals surface area contributed by atoms with E-state index in [1.165, 1.54) is 77.0 Å². The highest BCUT2D eigenvalue weighted by atomic mass is 16.7. The molecule has 1 amide bonds. The number of hydrogen-bond donors (Lipinski definition) is 6. The number of rotatable bonds is 48. The molecule has 9 nitrogen and oxygen atoms in total. The molecule has 0 spiro atoms. The third-order valence-electron chi connectivity index (χ3n) is 12.9. The van der Waals surface area contributed by atoms with Crippen molar-refractivity contribution in [1.29, 1.82) is 0 Å². The number of carbonyl (C=O) groups excluding carboxylic acids is 1. The van der Waals surface area contributed by atoms with Crippen LogP contribution in [0.2, 0.25) is 0 Å². The van der Waals surface area contributed by atoms with E-state index in [9.17, 15) is 30.3 Å². The summed E-state index contributed by atoms with van der Waals surface area (Å²) in [5.74, 6) is -0.221. The van der Waals surface area contributed by atoms with E-state index < -0.39 is 49.5 Å². The summed E-state index contributed by atoms with van der Waals surface area (Å²) in [6.45, 7) is 3.62. The Morgan fingerprint density at radius 3 is 1.30 bits per heavy atom. The third-order valence-corrected chi connectivity index (χ3v) is 12.9. The van der Waals surface area contributed by atoms with Crippen molar-refractivity contribution in [2.24, 2.45) is 0 Å². The Labute approximate surface area is 451 Å². The minimum Gasteiger partial charge on any atom is -0.394 e. The molecule has 1 fully saturated rings. The van der Waals surface area contributed by atoms with Gasteiger partial charge in [0.2, 0.25) is 5.91 Å². The quantitative estimate of drug-likeness (QED) is 0.0261. The fraction of sp³-hybridized carbons (Fsp3) is 0.646. The molecule has 0 aromatic rings. The molecule has 0 aliphatic carbocycles. The van der Waals surface area contributed by atoms with Crippen molar-refractivity contribution < 1.29 is 39.8 Å². The summed E-state index contributed by atoms with van der Waals surface area (Å²) in [5, 5.41) is 54.5. The van der Waals surface area contributed by atoms with Gasteiger partial charge in [0.25, 0.3) is 0 Å². The van der Waals surface area contributed by atoms with Crippen LogP contribution in [-0.4, -0.2) is 87.5 Å². The van der Waals surface area contributed by atoms with Crippen molar-refractivity contribution in [2.45, 2.75) is 256 Å². The lowest BCUT2D eigenvalue weighted by Gasteiger charge is -2.40. The number of unbranched alkanes of at least 4 members (excludes halogenated alkanes) is 18. The van der Waals surface area contributed by atoms with E-state index in [1.54, 1.807) is 6.08 Å². The lowest BCUT2D eigenvalue weighted by atomic mass is 9.99. The summed E-state index contributed by atoms with van der Waals surface area (Å²) in [6, 6.07) is -0.854. The van der Waals surface area contributed by atoms with Gasteiger partial charge in [-0.15, -0.1) is 0 Å². The average molecular weight is 1030 g/mol. The van der Waals surface area contributed by atoms with E-state index in [2.05, 4.69) is 141 Å². The Morgan fingerprint density at radius 2 is 0.851 bits per heavy atom. The van der Waals surface area contributed by atoms with Gasteiger partial charge in [-0.1, -0.05) is 231 Å². The second-order valence-electron chi connectivity index (χ2n) is 19.7. The lowest BCUT2D eigenvalue weighted by molar-refractivity contribution is -0.302. The molecule has 0 aromatic heterocycles. The van der Waals surface area contributed by atoms with Gasteiger partial charge in [0.1, 0.15) is 24.4 Å². The normalized spacial score (nSPS) is 20.0. The second kappa shape index (κ2) is 52.8. The number of amides is 1. The largest absolute Gasteiger partial charge is 0.394 e. The molecule has 0 radical (unpaired) electrons. The molecule has 1 aliphatic rings. The first kappa shape index (κ1) is 68.3. The molecule has 420 valence electrons. The summed E-state index contributed by atoms with van der Waals surface area (Å²) in [7, 11) is 0. The predicted octanol–water partition coefficient (Wildman–Crippen LogP) is 14.9. The van der Waals surface area contributed by atoms with Gasteiger partial charge in [0.05, 0.1) is 25.4 Å². The number of nitrogens with one attached hydrogen (secondary N) is 1. The van der Waals surface area contributed by atoms with Crippen molar-refractivity contribution in [2.75, 3.05) is 13.2 Å². The van der Waals surface area contributed by atoms with Gasteiger partial charge in [-0.25, -0.2) is 0 Å². The van der Waals surface area contributed by atoms with Gasteiger partial charge in [-0.3, -0.25) is 4.79 Å². The first-order chi connectivity index (χ1) is 36.3. The molecular formula is C65H107NO8. The average Bonchev–Trinajstić information content (AvgIpc) is 3.40. The fourth-order valence-electron chi connectivity index (χ4n) is 8.32. The summed E-state index contributed by atoms with van der Waals surface area (Å²) in [6.07, 6.45) is 73.7. The minimum absolute atomic E-state index is 0.221. The fourth-order valence-corrected chi connectivity index (χ4v) is 8.32. The molecule has 0 bridgehead atoms. The molecule has 0 aromatic carbocycles. The Hall–Kier alpha value is -3.67. The van der Waals surface area contributed by atoms with E-state index in [-0.39, 0.29) is 12.5 Å². The van der Waals surface area contributed by atoms with Crippen LogP contribution < -0.4 is 5.32 Å². The molecule has 7 atom stereocenters. The van der Waals surface area contributed by atoms with Crippen LogP contribution >= 0.6 is 0 Å². The van der Waals surface area contributed by atoms with E-state index in [0.717, 1.165) is 103 Å². The van der Waals surface area contributed by atoms with Gasteiger partial charge in [0, 0.05) is 6.42 Å². The van der Waals surface area contributed by atoms with Gasteiger partial charge in [-0.05, 0) is 109 Å². The predicted molar refractivity (Wildman–Crippen MR) is 313 cm³/mol. The zero-order chi connectivity index (χ0) is 53.6. The van der Waals surface area contributed by atoms with Crippen LogP contribution in [0.4, 0.5) is 0 Å². The zero-order valence-corrected chi connectivity index (χ0v) is 46.5. The summed E-state index contributed by atoms with van der Waals surface area (Å²) in [4.78, 5) is 13.1. The number of ether oxygens (including phenoxy) is 2. The highest BCUT2D eigenvalue weighted by Gasteiger charge is 2.44. The van der Waals surface area contributed by atoms with Crippen LogP contribution in [0.5, 0.6) is 0 Å². The lowest BCUT2D eigenvalue weighted by Crippen LogP contribution is -2.60. The van der Waals surface area contributed by atoms with E-state index in [4.69, 9.17) is 9.47 Å². The second-order valence-corrected chi connectivity index (χ2v) is 19.7. The number of carbonyl (C=O) groups is 1. The van der Waals surface area contributed by atoms with Crippen LogP contribution in [0.3, 0.4) is 0 Å². The van der Waals surface area contributed by atoms with Crippen LogP contribution in [0, 0.1) is 0 Å². The Balaban J connectivity index is 2.31. The summed E-state index contributed by atoms with van der Waals surface area (Å²) in [5.41, 5.74) is 0. The molecule has 9 heteroatoms. The standard InChI is InChI=1S/C65H107NO8/c1-3-5-7-9-11-13-15-17-19-21-23-25-27-28-29-30-31-32-33-35-37-39-41-43-45-47-49-51-53-55-61(69)66-58(57-73-65-64(72)63(71)62(70)60(56-67)74-65)59(68)54-52-50-48-46-44-42-40-38-36-34-26-24-22-20-18-16-14-12-10-8-6-4-2/h5,7,11,13,17,19,23,25,28-29,31-32,35-38,41,43-44,46,52,54,58-60,62-65,67-68,70-72H,3-4,6,8-10,12,14-16,18,20-22,24,26-27,30,33-34,39-40,42,45,47-51,53,55-57H2,1-2H3,(H,66,69)/b7-5-,13-11-,19-17-,25-23-,29-28-,32-31-,37-35-,38-36+,43-41-,46-44+,54-52+. The maximum absolute atomic E-state index is 13.1. The van der Waals surface area contributed by atoms with Gasteiger partial charge in [-0.2, -0.15) is 0 Å². The van der Waals surface area contributed by atoms with Crippen molar-refractivity contribution in [3.8, 4) is 0 Å². The smallest absolute Gasteiger partial charge is 0.220 e. The SMILES string of the molecule is CC/C=C\C/C=C\C/C=C\C/C=C\C/C=C\C/C=C\C/C=C\C/C=C\CCCCCCC(=O)NC(COC1OC(CO)C(O)C(O)C1O)C(O)/C=C/CC/C=C/CC/C=C/CCCCCCCCCCCCCC. The highest BCUT2D eigenvalue weighted by Crippen LogP contribution is 2.23. The first-order valence-electron chi connectivity index (χ1n) is 29.4. The van der Waals surface area contributed by atoms with Crippen LogP contribution in [0.25, 0.3) is 0 Å². The van der Waals surface area contributed by atoms with Gasteiger partial charge in [0.15, 0.2) is 6.29 Å². The number of aliphatic hydroxyl groups excluding tert-OH is 5. The maximum Gasteiger partial charge on any atom is 0.220 e. The summed E-state index contributed by atoms with van der Waals surface area (Å²) < 4.78 is 11.2. The molecular weight excluding hydrogens is 923 g/mol. The molecule has 1 rings (SSSR count). The zero-order valence-electron chi connectivity index (χ0n) is 46.5. The van der Waals surface area contributed by atoms with Gasteiger partial charge < -0.3 is 40.3 Å². The molecule has 1 heterocycles. The van der Waals surface area contributed by atoms with Crippen LogP contribution in [-0.2, 0) is 14.3 Å². The summed E-state index contributed by atoms with van der Waals surface area (Å²) >= 11 is 0. The third kappa shape index (κ3) is 41.6. The van der Waals surface area contributed by atoms with Crippen molar-refractivity contribution in [3.05, 3.63) is 134 Å². The van der Waals surface area contributed by atoms with E-state index in [1.807, 2.05) is 6.08 Å². The monoisotopic (exact) mass is 1030 g/mol. The highest BCUT2D eigenvalue weighted by molar-refractivity contribution is 5.76. The molecule has 1 saturated heterocycles. The minimum atomic E-state index is -1.59.